The summed E-state index contributed by atoms with van der Waals surface area (Å²) < 4.78 is 31.2. The van der Waals surface area contributed by atoms with Crippen molar-refractivity contribution in [3.05, 3.63) is 30.3 Å². The fourth-order valence-electron chi connectivity index (χ4n) is 0.453. The molecule has 2 N–H and O–H groups in total. The Bertz CT molecular complexity index is 245. The number of benzene rings is 1. The van der Waals surface area contributed by atoms with Crippen LogP contribution >= 0.6 is 0 Å². The number of anilines is 1. The molecule has 0 aliphatic carbocycles. The molecular weight excluding hydrogens is 183 g/mol. The molecule has 0 heterocycles. The molecule has 2 nitrogen and oxygen atoms in total. The van der Waals surface area contributed by atoms with Crippen molar-refractivity contribution in [1.82, 2.24) is 0 Å². The number of alkyl halides is 3. The van der Waals surface area contributed by atoms with Crippen LogP contribution in [0.25, 0.3) is 0 Å². The van der Waals surface area contributed by atoms with Crippen LogP contribution in [0.2, 0.25) is 0 Å². The topological polar surface area (TPSA) is 43.1 Å². The van der Waals surface area contributed by atoms with Crippen molar-refractivity contribution in [3.63, 3.8) is 0 Å². The Morgan fingerprint density at radius 2 is 1.54 bits per heavy atom. The number of nitrogens with two attached hydrogens (primary N) is 1. The third kappa shape index (κ3) is 8.39. The van der Waals surface area contributed by atoms with E-state index in [4.69, 9.17) is 10.5 Å². The van der Waals surface area contributed by atoms with Crippen LogP contribution < -0.4 is 5.73 Å². The van der Waals surface area contributed by atoms with E-state index in [9.17, 15) is 13.2 Å². The Morgan fingerprint density at radius 1 is 1.15 bits per heavy atom. The fraction of sp³-hybridized carbons (Fsp3) is 0.125. The van der Waals surface area contributed by atoms with Gasteiger partial charge in [-0.3, -0.25) is 4.79 Å². The smallest absolute Gasteiger partial charge is 0.399 e. The number of para-hydroxylation sites is 1. The zero-order valence-corrected chi connectivity index (χ0v) is 6.58. The summed E-state index contributed by atoms with van der Waals surface area (Å²) in [6.07, 6.45) is -5.70. The summed E-state index contributed by atoms with van der Waals surface area (Å²) in [6, 6.07) is 9.49. The van der Waals surface area contributed by atoms with Crippen molar-refractivity contribution in [3.8, 4) is 0 Å². The third-order valence-corrected chi connectivity index (χ3v) is 0.933. The average Bonchev–Trinajstić information content (AvgIpc) is 2.06. The maximum atomic E-state index is 10.4. The molecule has 13 heavy (non-hydrogen) atoms. The van der Waals surface area contributed by atoms with Crippen molar-refractivity contribution in [1.29, 1.82) is 0 Å². The van der Waals surface area contributed by atoms with Crippen molar-refractivity contribution < 1.29 is 18.0 Å². The van der Waals surface area contributed by atoms with Crippen LogP contribution in [-0.4, -0.2) is 12.5 Å². The highest BCUT2D eigenvalue weighted by molar-refractivity contribution is 5.56. The molecule has 0 saturated carbocycles. The molecule has 1 rings (SSSR count). The molecular formula is C8H8F3NO. The van der Waals surface area contributed by atoms with E-state index in [1.54, 1.807) is 0 Å². The van der Waals surface area contributed by atoms with E-state index in [2.05, 4.69) is 0 Å². The monoisotopic (exact) mass is 191 g/mol. The molecule has 0 fully saturated rings. The van der Waals surface area contributed by atoms with Gasteiger partial charge in [-0.2, -0.15) is 13.2 Å². The molecule has 0 radical (unpaired) electrons. The summed E-state index contributed by atoms with van der Waals surface area (Å²) in [6.45, 7) is 0. The van der Waals surface area contributed by atoms with Gasteiger partial charge in [-0.15, -0.1) is 0 Å². The number of halogens is 3. The average molecular weight is 191 g/mol. The van der Waals surface area contributed by atoms with Gasteiger partial charge in [0.05, 0.1) is 0 Å². The first kappa shape index (κ1) is 11.5. The minimum Gasteiger partial charge on any atom is -0.399 e. The van der Waals surface area contributed by atoms with Gasteiger partial charge in [0, 0.05) is 5.69 Å². The second-order valence-electron chi connectivity index (χ2n) is 2.07. The summed E-state index contributed by atoms with van der Waals surface area (Å²) in [4.78, 5) is 8.70. The van der Waals surface area contributed by atoms with Crippen LogP contribution in [0.15, 0.2) is 30.3 Å². The van der Waals surface area contributed by atoms with Gasteiger partial charge in [0.1, 0.15) is 0 Å². The Balaban J connectivity index is 0.000000226. The van der Waals surface area contributed by atoms with E-state index in [-0.39, 0.29) is 0 Å². The predicted octanol–water partition coefficient (Wildman–Crippen LogP) is 2.02. The molecule has 0 aliphatic heterocycles. The Labute approximate surface area is 73.2 Å². The Morgan fingerprint density at radius 3 is 1.69 bits per heavy atom. The first-order valence-corrected chi connectivity index (χ1v) is 3.29. The highest BCUT2D eigenvalue weighted by atomic mass is 19.4. The second kappa shape index (κ2) is 5.18. The van der Waals surface area contributed by atoms with Crippen molar-refractivity contribution >= 4 is 12.0 Å². The van der Waals surface area contributed by atoms with Gasteiger partial charge in [0.25, 0.3) is 0 Å². The van der Waals surface area contributed by atoms with Gasteiger partial charge in [0.15, 0.2) is 0 Å². The largest absolute Gasteiger partial charge is 0.446 e. The number of hydrogen-bond acceptors (Lipinski definition) is 2. The number of hydrogen-bond donors (Lipinski definition) is 1. The van der Waals surface area contributed by atoms with E-state index >= 15 is 0 Å². The van der Waals surface area contributed by atoms with E-state index in [1.807, 2.05) is 30.3 Å². The molecule has 0 aromatic heterocycles. The molecule has 72 valence electrons. The van der Waals surface area contributed by atoms with Gasteiger partial charge < -0.3 is 5.73 Å². The quantitative estimate of drug-likeness (QED) is 0.503. The maximum Gasteiger partial charge on any atom is 0.446 e. The second-order valence-corrected chi connectivity index (χ2v) is 2.07. The number of rotatable bonds is 0. The lowest BCUT2D eigenvalue weighted by Crippen LogP contribution is -2.07. The number of carbonyl (C=O) groups is 1. The lowest BCUT2D eigenvalue weighted by molar-refractivity contribution is -0.156. The van der Waals surface area contributed by atoms with Crippen LogP contribution in [0.5, 0.6) is 0 Å². The first-order valence-electron chi connectivity index (χ1n) is 3.29. The molecule has 5 heteroatoms. The van der Waals surface area contributed by atoms with Crippen LogP contribution in [0, 0.1) is 0 Å². The SMILES string of the molecule is Nc1ccccc1.O=CC(F)(F)F. The number of carbonyl (C=O) groups excluding carboxylic acids is 1. The summed E-state index contributed by atoms with van der Waals surface area (Å²) in [5, 5.41) is 0. The van der Waals surface area contributed by atoms with Crippen LogP contribution in [0.1, 0.15) is 0 Å². The summed E-state index contributed by atoms with van der Waals surface area (Å²) >= 11 is 0. The first-order chi connectivity index (χ1) is 5.95. The van der Waals surface area contributed by atoms with Crippen LogP contribution in [0.3, 0.4) is 0 Å². The van der Waals surface area contributed by atoms with E-state index < -0.39 is 12.5 Å². The highest BCUT2D eigenvalue weighted by Crippen LogP contribution is 2.08. The third-order valence-electron chi connectivity index (χ3n) is 0.933. The van der Waals surface area contributed by atoms with Gasteiger partial charge in [-0.1, -0.05) is 18.2 Å². The standard InChI is InChI=1S/C6H7N.C2HF3O/c7-6-4-2-1-3-5-6;3-2(4,5)1-6/h1-5H,7H2;1H. The molecule has 1 aromatic rings. The molecule has 0 bridgehead atoms. The Kier molecular flexibility index (Phi) is 4.58. The van der Waals surface area contributed by atoms with Gasteiger partial charge in [-0.25, -0.2) is 0 Å². The van der Waals surface area contributed by atoms with Crippen LogP contribution in [0.4, 0.5) is 18.9 Å². The highest BCUT2D eigenvalue weighted by Gasteiger charge is 2.24. The number of aldehydes is 1. The maximum absolute atomic E-state index is 10.4. The van der Waals surface area contributed by atoms with Crippen molar-refractivity contribution in [2.75, 3.05) is 5.73 Å². The minimum absolute atomic E-state index is 0.822. The molecule has 0 unspecified atom stereocenters. The molecule has 0 atom stereocenters. The van der Waals surface area contributed by atoms with Gasteiger partial charge >= 0.3 is 6.18 Å². The van der Waals surface area contributed by atoms with Crippen LogP contribution in [-0.2, 0) is 4.79 Å². The molecule has 1 aromatic carbocycles. The van der Waals surface area contributed by atoms with Gasteiger partial charge in [-0.05, 0) is 12.1 Å². The zero-order valence-electron chi connectivity index (χ0n) is 6.58. The zero-order chi connectivity index (χ0) is 10.3. The normalized spacial score (nSPS) is 9.77. The molecule has 0 aliphatic rings. The predicted molar refractivity (Wildman–Crippen MR) is 43.0 cm³/mol. The Hall–Kier alpha value is -1.52. The molecule has 0 saturated heterocycles. The van der Waals surface area contributed by atoms with E-state index in [1.165, 1.54) is 0 Å². The molecule has 0 amide bonds. The van der Waals surface area contributed by atoms with Crippen molar-refractivity contribution in [2.45, 2.75) is 6.18 Å². The van der Waals surface area contributed by atoms with Crippen molar-refractivity contribution in [2.24, 2.45) is 0 Å². The minimum atomic E-state index is -4.64. The van der Waals surface area contributed by atoms with E-state index in [0.717, 1.165) is 5.69 Å². The summed E-state index contributed by atoms with van der Waals surface area (Å²) in [5.41, 5.74) is 6.18. The molecule has 0 spiro atoms. The van der Waals surface area contributed by atoms with Gasteiger partial charge in [0.2, 0.25) is 6.29 Å². The fourth-order valence-corrected chi connectivity index (χ4v) is 0.453. The van der Waals surface area contributed by atoms with E-state index in [0.29, 0.717) is 0 Å². The summed E-state index contributed by atoms with van der Waals surface area (Å²) in [7, 11) is 0. The lowest BCUT2D eigenvalue weighted by atomic mass is 10.3. The summed E-state index contributed by atoms with van der Waals surface area (Å²) in [5.74, 6) is 0. The number of nitrogen functional groups attached to an aromatic ring is 1. The lowest BCUT2D eigenvalue weighted by Gasteiger charge is -1.87.